The predicted octanol–water partition coefficient (Wildman–Crippen LogP) is 0.270. The second-order valence-corrected chi connectivity index (χ2v) is 4.47. The van der Waals surface area contributed by atoms with Crippen LogP contribution in [0.3, 0.4) is 0 Å². The van der Waals surface area contributed by atoms with E-state index >= 15 is 0 Å². The van der Waals surface area contributed by atoms with Gasteiger partial charge in [0.25, 0.3) is 0 Å². The smallest absolute Gasteiger partial charge is 0.163 e. The second-order valence-electron chi connectivity index (χ2n) is 4.47. The van der Waals surface area contributed by atoms with Crippen LogP contribution in [0.2, 0.25) is 0 Å². The molecule has 0 radical (unpaired) electrons. The zero-order valence-electron chi connectivity index (χ0n) is 8.57. The van der Waals surface area contributed by atoms with E-state index in [0.29, 0.717) is 6.61 Å². The summed E-state index contributed by atoms with van der Waals surface area (Å²) in [5, 5.41) is 19.2. The molecule has 1 rings (SSSR count). The van der Waals surface area contributed by atoms with Crippen LogP contribution in [0.15, 0.2) is 0 Å². The zero-order valence-corrected chi connectivity index (χ0v) is 8.57. The highest BCUT2D eigenvalue weighted by atomic mass is 16.7. The van der Waals surface area contributed by atoms with Gasteiger partial charge in [0.2, 0.25) is 0 Å². The maximum absolute atomic E-state index is 9.66. The van der Waals surface area contributed by atoms with E-state index < -0.39 is 23.6 Å². The zero-order chi connectivity index (χ0) is 10.3. The summed E-state index contributed by atoms with van der Waals surface area (Å²) in [6, 6.07) is 0. The third-order valence-corrected chi connectivity index (χ3v) is 2.11. The molecule has 0 aromatic heterocycles. The highest BCUT2D eigenvalue weighted by Gasteiger charge is 2.42. The summed E-state index contributed by atoms with van der Waals surface area (Å²) < 4.78 is 10.7. The van der Waals surface area contributed by atoms with Crippen molar-refractivity contribution in [2.45, 2.75) is 51.3 Å². The first-order valence-corrected chi connectivity index (χ1v) is 4.44. The lowest BCUT2D eigenvalue weighted by atomic mass is 9.97. The lowest BCUT2D eigenvalue weighted by Gasteiger charge is -2.29. The van der Waals surface area contributed by atoms with Crippen molar-refractivity contribution in [2.24, 2.45) is 0 Å². The van der Waals surface area contributed by atoms with E-state index in [-0.39, 0.29) is 0 Å². The molecule has 0 aromatic carbocycles. The van der Waals surface area contributed by atoms with Gasteiger partial charge in [0.15, 0.2) is 5.79 Å². The molecule has 1 aliphatic rings. The minimum Gasteiger partial charge on any atom is -0.388 e. The molecule has 1 unspecified atom stereocenters. The van der Waals surface area contributed by atoms with Crippen molar-refractivity contribution >= 4 is 0 Å². The van der Waals surface area contributed by atoms with Crippen molar-refractivity contribution in [2.75, 3.05) is 6.61 Å². The Hall–Kier alpha value is -0.160. The summed E-state index contributed by atoms with van der Waals surface area (Å²) in [6.07, 6.45) is -1.37. The molecule has 0 spiro atoms. The molecule has 1 heterocycles. The van der Waals surface area contributed by atoms with Gasteiger partial charge >= 0.3 is 0 Å². The van der Waals surface area contributed by atoms with Crippen LogP contribution in [0.4, 0.5) is 0 Å². The van der Waals surface area contributed by atoms with Crippen molar-refractivity contribution in [1.29, 1.82) is 0 Å². The molecule has 0 amide bonds. The molecule has 13 heavy (non-hydrogen) atoms. The van der Waals surface area contributed by atoms with Gasteiger partial charge in [-0.2, -0.15) is 0 Å². The van der Waals surface area contributed by atoms with Crippen LogP contribution in [0, 0.1) is 0 Å². The quantitative estimate of drug-likeness (QED) is 0.656. The Bertz CT molecular complexity index is 183. The van der Waals surface area contributed by atoms with E-state index in [2.05, 4.69) is 0 Å². The topological polar surface area (TPSA) is 58.9 Å². The van der Waals surface area contributed by atoms with Crippen LogP contribution >= 0.6 is 0 Å². The number of rotatable bonds is 2. The van der Waals surface area contributed by atoms with Crippen LogP contribution < -0.4 is 0 Å². The molecule has 4 nitrogen and oxygen atoms in total. The summed E-state index contributed by atoms with van der Waals surface area (Å²) in [7, 11) is 0. The fourth-order valence-corrected chi connectivity index (χ4v) is 1.33. The number of aliphatic hydroxyl groups is 2. The third-order valence-electron chi connectivity index (χ3n) is 2.11. The van der Waals surface area contributed by atoms with Gasteiger partial charge < -0.3 is 19.7 Å². The standard InChI is InChI=1S/C9H18O4/c1-8(2,11)7(10)6-5-12-9(3,4)13-6/h6-7,10-11H,5H2,1-4H3/t6?,7-/m1/s1. The van der Waals surface area contributed by atoms with Crippen molar-refractivity contribution in [3.05, 3.63) is 0 Å². The maximum atomic E-state index is 9.66. The van der Waals surface area contributed by atoms with Gasteiger partial charge in [0, 0.05) is 0 Å². The van der Waals surface area contributed by atoms with Crippen LogP contribution in [0.25, 0.3) is 0 Å². The van der Waals surface area contributed by atoms with Crippen molar-refractivity contribution in [3.8, 4) is 0 Å². The van der Waals surface area contributed by atoms with Crippen molar-refractivity contribution in [3.63, 3.8) is 0 Å². The molecule has 0 saturated carbocycles. The van der Waals surface area contributed by atoms with Crippen molar-refractivity contribution in [1.82, 2.24) is 0 Å². The molecule has 0 bridgehead atoms. The number of ether oxygens (including phenoxy) is 2. The second kappa shape index (κ2) is 3.20. The number of hydrogen-bond acceptors (Lipinski definition) is 4. The molecule has 1 saturated heterocycles. The SMILES string of the molecule is CC1(C)OCC([C@@H](O)C(C)(C)O)O1. The van der Waals surface area contributed by atoms with Crippen LogP contribution in [0.1, 0.15) is 27.7 Å². The Morgan fingerprint density at radius 2 is 2.00 bits per heavy atom. The average molecular weight is 190 g/mol. The number of hydrogen-bond donors (Lipinski definition) is 2. The Balaban J connectivity index is 2.57. The highest BCUT2D eigenvalue weighted by Crippen LogP contribution is 2.27. The van der Waals surface area contributed by atoms with E-state index in [9.17, 15) is 10.2 Å². The summed E-state index contributed by atoms with van der Waals surface area (Å²) >= 11 is 0. The first-order chi connectivity index (χ1) is 5.72. The molecular formula is C9H18O4. The summed E-state index contributed by atoms with van der Waals surface area (Å²) in [4.78, 5) is 0. The van der Waals surface area contributed by atoms with Gasteiger partial charge in [-0.05, 0) is 27.7 Å². The Labute approximate surface area is 78.5 Å². The van der Waals surface area contributed by atoms with Gasteiger partial charge in [-0.3, -0.25) is 0 Å². The summed E-state index contributed by atoms with van der Waals surface area (Å²) in [6.45, 7) is 6.98. The van der Waals surface area contributed by atoms with Gasteiger partial charge in [0.1, 0.15) is 12.2 Å². The molecule has 0 aromatic rings. The lowest BCUT2D eigenvalue weighted by molar-refractivity contribution is -0.171. The van der Waals surface area contributed by atoms with E-state index in [1.54, 1.807) is 27.7 Å². The normalized spacial score (nSPS) is 30.5. The fraction of sp³-hybridized carbons (Fsp3) is 1.00. The predicted molar refractivity (Wildman–Crippen MR) is 47.2 cm³/mol. The van der Waals surface area contributed by atoms with Gasteiger partial charge in [-0.1, -0.05) is 0 Å². The van der Waals surface area contributed by atoms with Gasteiger partial charge in [0.05, 0.1) is 12.2 Å². The molecule has 2 atom stereocenters. The largest absolute Gasteiger partial charge is 0.388 e. The van der Waals surface area contributed by atoms with Gasteiger partial charge in [-0.25, -0.2) is 0 Å². The molecular weight excluding hydrogens is 172 g/mol. The minimum absolute atomic E-state index is 0.318. The molecule has 1 aliphatic heterocycles. The summed E-state index contributed by atoms with van der Waals surface area (Å²) in [5.41, 5.74) is -1.16. The van der Waals surface area contributed by atoms with Gasteiger partial charge in [-0.15, -0.1) is 0 Å². The van der Waals surface area contributed by atoms with E-state index in [1.807, 2.05) is 0 Å². The number of aliphatic hydroxyl groups excluding tert-OH is 1. The minimum atomic E-state index is -1.16. The van der Waals surface area contributed by atoms with E-state index in [1.165, 1.54) is 0 Å². The monoisotopic (exact) mass is 190 g/mol. The molecule has 1 fully saturated rings. The molecule has 2 N–H and O–H groups in total. The van der Waals surface area contributed by atoms with E-state index in [4.69, 9.17) is 9.47 Å². The first kappa shape index (κ1) is 10.9. The van der Waals surface area contributed by atoms with Crippen LogP contribution in [0.5, 0.6) is 0 Å². The van der Waals surface area contributed by atoms with Crippen LogP contribution in [-0.2, 0) is 9.47 Å². The Morgan fingerprint density at radius 1 is 1.46 bits per heavy atom. The molecule has 78 valence electrons. The Morgan fingerprint density at radius 3 is 2.31 bits per heavy atom. The highest BCUT2D eigenvalue weighted by molar-refractivity contribution is 4.87. The average Bonchev–Trinajstić information content (AvgIpc) is 2.26. The lowest BCUT2D eigenvalue weighted by Crippen LogP contribution is -2.46. The molecule has 4 heteroatoms. The van der Waals surface area contributed by atoms with Crippen molar-refractivity contribution < 1.29 is 19.7 Å². The van der Waals surface area contributed by atoms with Crippen LogP contribution in [-0.4, -0.2) is 40.4 Å². The Kier molecular flexibility index (Phi) is 2.69. The van der Waals surface area contributed by atoms with E-state index in [0.717, 1.165) is 0 Å². The first-order valence-electron chi connectivity index (χ1n) is 4.44. The fourth-order valence-electron chi connectivity index (χ4n) is 1.33. The molecule has 0 aliphatic carbocycles. The summed E-state index contributed by atoms with van der Waals surface area (Å²) in [5.74, 6) is -0.656. The maximum Gasteiger partial charge on any atom is 0.163 e. The third kappa shape index (κ3) is 2.64.